The van der Waals surface area contributed by atoms with Crippen molar-refractivity contribution < 1.29 is 4.39 Å². The van der Waals surface area contributed by atoms with E-state index in [4.69, 9.17) is 17.4 Å². The second-order valence-electron chi connectivity index (χ2n) is 4.63. The molecule has 0 aliphatic carbocycles. The highest BCUT2D eigenvalue weighted by Crippen LogP contribution is 2.23. The summed E-state index contributed by atoms with van der Waals surface area (Å²) in [6.07, 6.45) is 5.37. The first kappa shape index (κ1) is 15.0. The quantitative estimate of drug-likeness (QED) is 0.636. The van der Waals surface area contributed by atoms with Crippen molar-refractivity contribution in [3.8, 4) is 0 Å². The zero-order valence-corrected chi connectivity index (χ0v) is 12.1. The number of hydrogen-bond donors (Lipinski definition) is 2. The number of imidazole rings is 1. The predicted octanol–water partition coefficient (Wildman–Crippen LogP) is 2.83. The molecular formula is C14H18ClFN4. The summed E-state index contributed by atoms with van der Waals surface area (Å²) < 4.78 is 15.3. The third kappa shape index (κ3) is 3.36. The van der Waals surface area contributed by atoms with Crippen molar-refractivity contribution in [3.05, 3.63) is 52.8 Å². The number of benzene rings is 1. The molecule has 0 saturated carbocycles. The zero-order valence-electron chi connectivity index (χ0n) is 11.3. The molecule has 0 fully saturated rings. The summed E-state index contributed by atoms with van der Waals surface area (Å²) in [4.78, 5) is 4.35. The van der Waals surface area contributed by atoms with E-state index >= 15 is 0 Å². The number of halogens is 2. The van der Waals surface area contributed by atoms with E-state index in [-0.39, 0.29) is 11.1 Å². The van der Waals surface area contributed by atoms with Crippen LogP contribution >= 0.6 is 11.6 Å². The minimum absolute atomic E-state index is 0.0969. The molecule has 20 heavy (non-hydrogen) atoms. The van der Waals surface area contributed by atoms with Crippen molar-refractivity contribution in [2.24, 2.45) is 5.84 Å². The number of nitrogens with one attached hydrogen (secondary N) is 1. The average molecular weight is 297 g/mol. The molecule has 4 nitrogen and oxygen atoms in total. The maximum absolute atomic E-state index is 13.2. The minimum atomic E-state index is -0.432. The first-order valence-corrected chi connectivity index (χ1v) is 6.94. The Kier molecular flexibility index (Phi) is 5.11. The maximum atomic E-state index is 13.2. The Morgan fingerprint density at radius 1 is 1.50 bits per heavy atom. The van der Waals surface area contributed by atoms with Gasteiger partial charge in [-0.15, -0.1) is 0 Å². The van der Waals surface area contributed by atoms with Crippen molar-refractivity contribution in [1.82, 2.24) is 15.0 Å². The first-order chi connectivity index (χ1) is 9.65. The molecule has 1 atom stereocenters. The largest absolute Gasteiger partial charge is 0.335 e. The molecule has 1 unspecified atom stereocenters. The van der Waals surface area contributed by atoms with Gasteiger partial charge in [-0.05, 0) is 24.1 Å². The van der Waals surface area contributed by atoms with Gasteiger partial charge in [0.25, 0.3) is 0 Å². The van der Waals surface area contributed by atoms with E-state index < -0.39 is 5.82 Å². The van der Waals surface area contributed by atoms with Gasteiger partial charge in [0.05, 0.1) is 11.1 Å². The lowest BCUT2D eigenvalue weighted by Gasteiger charge is -2.17. The molecule has 0 aliphatic heterocycles. The summed E-state index contributed by atoms with van der Waals surface area (Å²) in [6, 6.07) is 4.46. The van der Waals surface area contributed by atoms with Crippen molar-refractivity contribution in [1.29, 1.82) is 0 Å². The molecule has 2 aromatic rings. The Morgan fingerprint density at radius 2 is 2.30 bits per heavy atom. The summed E-state index contributed by atoms with van der Waals surface area (Å²) >= 11 is 5.81. The van der Waals surface area contributed by atoms with Gasteiger partial charge >= 0.3 is 0 Å². The first-order valence-electron chi connectivity index (χ1n) is 6.56. The normalized spacial score (nSPS) is 12.6. The smallest absolute Gasteiger partial charge is 0.141 e. The van der Waals surface area contributed by atoms with E-state index in [9.17, 15) is 4.39 Å². The van der Waals surface area contributed by atoms with Crippen LogP contribution in [-0.2, 0) is 13.0 Å². The van der Waals surface area contributed by atoms with Crippen LogP contribution in [0.15, 0.2) is 30.6 Å². The molecule has 1 aromatic carbocycles. The van der Waals surface area contributed by atoms with Gasteiger partial charge in [-0.2, -0.15) is 0 Å². The Bertz CT molecular complexity index is 570. The van der Waals surface area contributed by atoms with Crippen LogP contribution in [0.5, 0.6) is 0 Å². The molecule has 3 N–H and O–H groups in total. The fourth-order valence-corrected chi connectivity index (χ4v) is 2.35. The number of aryl methyl sites for hydroxylation is 1. The van der Waals surface area contributed by atoms with Crippen LogP contribution in [-0.4, -0.2) is 9.55 Å². The van der Waals surface area contributed by atoms with Gasteiger partial charge in [0.15, 0.2) is 0 Å². The number of hydrazine groups is 1. The predicted molar refractivity (Wildman–Crippen MR) is 77.7 cm³/mol. The van der Waals surface area contributed by atoms with E-state index in [0.29, 0.717) is 6.42 Å². The van der Waals surface area contributed by atoms with Crippen LogP contribution in [0.25, 0.3) is 0 Å². The third-order valence-corrected chi connectivity index (χ3v) is 3.49. The Hall–Kier alpha value is -1.43. The highest BCUT2D eigenvalue weighted by molar-refractivity contribution is 6.30. The van der Waals surface area contributed by atoms with Gasteiger partial charge in [0, 0.05) is 25.4 Å². The molecule has 0 radical (unpaired) electrons. The highest BCUT2D eigenvalue weighted by Gasteiger charge is 2.15. The van der Waals surface area contributed by atoms with Gasteiger partial charge in [-0.1, -0.05) is 24.6 Å². The molecule has 1 aromatic heterocycles. The molecule has 108 valence electrons. The van der Waals surface area contributed by atoms with Crippen LogP contribution in [0.4, 0.5) is 4.39 Å². The standard InChI is InChI=1S/C14H18ClFN4/c1-2-6-20-7-5-18-14(20)9-13(19-17)10-3-4-12(16)11(15)8-10/h3-5,7-8,13,19H,2,6,9,17H2,1H3. The SMILES string of the molecule is CCCn1ccnc1CC(NN)c1ccc(F)c(Cl)c1. The monoisotopic (exact) mass is 296 g/mol. The fourth-order valence-electron chi connectivity index (χ4n) is 2.16. The molecule has 0 aliphatic rings. The molecule has 0 spiro atoms. The van der Waals surface area contributed by atoms with Crippen LogP contribution in [0, 0.1) is 5.82 Å². The molecule has 0 bridgehead atoms. The molecule has 1 heterocycles. The Labute approximate surface area is 122 Å². The summed E-state index contributed by atoms with van der Waals surface area (Å²) in [5.41, 5.74) is 3.58. The fraction of sp³-hybridized carbons (Fsp3) is 0.357. The van der Waals surface area contributed by atoms with Crippen molar-refractivity contribution >= 4 is 11.6 Å². The lowest BCUT2D eigenvalue weighted by molar-refractivity contribution is 0.515. The number of nitrogens with two attached hydrogens (primary N) is 1. The summed E-state index contributed by atoms with van der Waals surface area (Å²) in [7, 11) is 0. The average Bonchev–Trinajstić information content (AvgIpc) is 2.87. The number of aromatic nitrogens is 2. The van der Waals surface area contributed by atoms with Gasteiger partial charge in [-0.25, -0.2) is 9.37 Å². The van der Waals surface area contributed by atoms with E-state index in [1.54, 1.807) is 18.3 Å². The van der Waals surface area contributed by atoms with E-state index in [0.717, 1.165) is 24.4 Å². The zero-order chi connectivity index (χ0) is 14.5. The Balaban J connectivity index is 2.19. The maximum Gasteiger partial charge on any atom is 0.141 e. The van der Waals surface area contributed by atoms with E-state index in [1.807, 2.05) is 6.20 Å². The van der Waals surface area contributed by atoms with Gasteiger partial charge < -0.3 is 4.57 Å². The van der Waals surface area contributed by atoms with Gasteiger partial charge in [-0.3, -0.25) is 11.3 Å². The highest BCUT2D eigenvalue weighted by atomic mass is 35.5. The topological polar surface area (TPSA) is 55.9 Å². The number of hydrogen-bond acceptors (Lipinski definition) is 3. The second kappa shape index (κ2) is 6.83. The van der Waals surface area contributed by atoms with Gasteiger partial charge in [0.1, 0.15) is 11.6 Å². The molecular weight excluding hydrogens is 279 g/mol. The lowest BCUT2D eigenvalue weighted by Crippen LogP contribution is -2.30. The Morgan fingerprint density at radius 3 is 2.95 bits per heavy atom. The second-order valence-corrected chi connectivity index (χ2v) is 5.04. The molecule has 0 amide bonds. The van der Waals surface area contributed by atoms with Crippen LogP contribution in [0.3, 0.4) is 0 Å². The molecule has 2 rings (SSSR count). The van der Waals surface area contributed by atoms with Gasteiger partial charge in [0.2, 0.25) is 0 Å². The molecule has 6 heteroatoms. The van der Waals surface area contributed by atoms with Crippen molar-refractivity contribution in [2.45, 2.75) is 32.4 Å². The summed E-state index contributed by atoms with van der Waals surface area (Å²) in [5.74, 6) is 6.12. The van der Waals surface area contributed by atoms with Crippen molar-refractivity contribution in [2.75, 3.05) is 0 Å². The van der Waals surface area contributed by atoms with Crippen molar-refractivity contribution in [3.63, 3.8) is 0 Å². The summed E-state index contributed by atoms with van der Waals surface area (Å²) in [5, 5.41) is 0.0969. The van der Waals surface area contributed by atoms with E-state index in [2.05, 4.69) is 21.9 Å². The number of rotatable bonds is 6. The van der Waals surface area contributed by atoms with Crippen LogP contribution in [0.2, 0.25) is 5.02 Å². The van der Waals surface area contributed by atoms with E-state index in [1.165, 1.54) is 6.07 Å². The lowest BCUT2D eigenvalue weighted by atomic mass is 10.0. The summed E-state index contributed by atoms with van der Waals surface area (Å²) in [6.45, 7) is 3.03. The minimum Gasteiger partial charge on any atom is -0.335 e. The molecule has 0 saturated heterocycles. The van der Waals surface area contributed by atoms with Crippen LogP contribution in [0.1, 0.15) is 30.8 Å². The third-order valence-electron chi connectivity index (χ3n) is 3.20. The number of nitrogens with zero attached hydrogens (tertiary/aromatic N) is 2. The van der Waals surface area contributed by atoms with Crippen LogP contribution < -0.4 is 11.3 Å².